The zero-order valence-corrected chi connectivity index (χ0v) is 34.2. The van der Waals surface area contributed by atoms with Crippen LogP contribution < -0.4 is 43.7 Å². The lowest BCUT2D eigenvalue weighted by Gasteiger charge is -2.16. The Bertz CT molecular complexity index is 3240. The Morgan fingerprint density at radius 3 is 1.45 bits per heavy atom. The van der Waals surface area contributed by atoms with Crippen molar-refractivity contribution >= 4 is 150 Å². The van der Waals surface area contributed by atoms with Gasteiger partial charge in [-0.25, -0.2) is 15.0 Å². The molecule has 0 bridgehead atoms. The lowest BCUT2D eigenvalue weighted by Crippen LogP contribution is -2.49. The molecule has 266 valence electrons. The SMILES string of the molecule is Bc1c(B)c(B)c2c(c1B)c1c(B)c(B)c(B)c(B)c1n2-c1ccc2c(c1)oc1cccc(-c3nc(-c4ccccc4)nc(-c4ccc(-c5ccccc5)cc4)n3)c12. The zero-order valence-electron chi connectivity index (χ0n) is 34.2. The minimum atomic E-state index is 0.602. The Balaban J connectivity index is 1.18. The number of furan rings is 1. The van der Waals surface area contributed by atoms with Gasteiger partial charge in [0.05, 0.1) is 0 Å². The maximum Gasteiger partial charge on any atom is 0.164 e. The van der Waals surface area contributed by atoms with Crippen molar-refractivity contribution < 1.29 is 4.42 Å². The van der Waals surface area contributed by atoms with E-state index >= 15 is 0 Å². The molecular formula is C45H36B8N4O. The summed E-state index contributed by atoms with van der Waals surface area (Å²) in [5.41, 5.74) is 21.0. The average Bonchev–Trinajstić information content (AvgIpc) is 3.83. The molecule has 0 atom stereocenters. The molecule has 0 radical (unpaired) electrons. The van der Waals surface area contributed by atoms with Crippen molar-refractivity contribution in [3.8, 4) is 51.0 Å². The first kappa shape index (κ1) is 36.0. The van der Waals surface area contributed by atoms with Gasteiger partial charge in [-0.05, 0) is 40.1 Å². The first-order valence-electron chi connectivity index (χ1n) is 20.0. The van der Waals surface area contributed by atoms with Crippen molar-refractivity contribution in [1.29, 1.82) is 0 Å². The van der Waals surface area contributed by atoms with Crippen LogP contribution in [-0.4, -0.2) is 82.3 Å². The van der Waals surface area contributed by atoms with Gasteiger partial charge in [0.1, 0.15) is 73.9 Å². The predicted octanol–water partition coefficient (Wildman–Crippen LogP) is -2.40. The van der Waals surface area contributed by atoms with Gasteiger partial charge in [-0.2, -0.15) is 0 Å². The van der Waals surface area contributed by atoms with Crippen molar-refractivity contribution in [2.75, 3.05) is 0 Å². The van der Waals surface area contributed by atoms with Crippen molar-refractivity contribution in [2.45, 2.75) is 0 Å². The summed E-state index contributed by atoms with van der Waals surface area (Å²) in [6.45, 7) is 0. The molecule has 3 aromatic heterocycles. The van der Waals surface area contributed by atoms with Crippen molar-refractivity contribution in [3.63, 3.8) is 0 Å². The zero-order chi connectivity index (χ0) is 40.0. The molecule has 5 nitrogen and oxygen atoms in total. The third-order valence-electron chi connectivity index (χ3n) is 12.9. The second-order valence-corrected chi connectivity index (χ2v) is 15.9. The average molecular weight is 735 g/mol. The Kier molecular flexibility index (Phi) is 8.49. The largest absolute Gasteiger partial charge is 0.456 e. The van der Waals surface area contributed by atoms with Gasteiger partial charge in [0.2, 0.25) is 0 Å². The highest BCUT2D eigenvalue weighted by atomic mass is 16.3. The first-order chi connectivity index (χ1) is 28.1. The predicted molar refractivity (Wildman–Crippen MR) is 269 cm³/mol. The second-order valence-electron chi connectivity index (χ2n) is 15.9. The molecule has 13 heteroatoms. The minimum Gasteiger partial charge on any atom is -0.456 e. The molecule has 10 rings (SSSR count). The van der Waals surface area contributed by atoms with Gasteiger partial charge in [-0.3, -0.25) is 0 Å². The van der Waals surface area contributed by atoms with Gasteiger partial charge in [0.15, 0.2) is 17.5 Å². The summed E-state index contributed by atoms with van der Waals surface area (Å²) in [6, 6.07) is 41.8. The van der Waals surface area contributed by atoms with E-state index in [1.165, 1.54) is 71.1 Å². The summed E-state index contributed by atoms with van der Waals surface area (Å²) in [6.07, 6.45) is 0. The fraction of sp³-hybridized carbons (Fsp3) is 0. The standard InChI is InChI=1S/C45H36B8N4O/c46-33-31-32-34(47)36(49)38(51)40(53)42(32)57(41(31)39(52)37(50)35(33)48)25-18-19-26-29(20-25)58-28-13-7-12-27(30(26)28)45-55-43(23-10-5-2-6-11-23)54-44(56-45)24-16-14-22(15-17-24)21-8-3-1-4-9-21/h1-20H,46-53H2. The molecule has 7 aromatic carbocycles. The van der Waals surface area contributed by atoms with Gasteiger partial charge in [0, 0.05) is 50.2 Å². The molecular weight excluding hydrogens is 699 g/mol. The van der Waals surface area contributed by atoms with Gasteiger partial charge in [-0.15, -0.1) is 10.9 Å². The molecule has 58 heavy (non-hydrogen) atoms. The third-order valence-corrected chi connectivity index (χ3v) is 12.9. The highest BCUT2D eigenvalue weighted by molar-refractivity contribution is 6.71. The van der Waals surface area contributed by atoms with E-state index in [0.29, 0.717) is 17.5 Å². The number of rotatable bonds is 5. The second kappa shape index (κ2) is 13.7. The Hall–Kier alpha value is -6.33. The summed E-state index contributed by atoms with van der Waals surface area (Å²) < 4.78 is 9.27. The van der Waals surface area contributed by atoms with E-state index in [4.69, 9.17) is 19.4 Å². The van der Waals surface area contributed by atoms with Gasteiger partial charge in [0.25, 0.3) is 0 Å². The van der Waals surface area contributed by atoms with Crippen LogP contribution in [0.25, 0.3) is 94.7 Å². The van der Waals surface area contributed by atoms with E-state index in [9.17, 15) is 0 Å². The van der Waals surface area contributed by atoms with Gasteiger partial charge in [-0.1, -0.05) is 130 Å². The highest BCUT2D eigenvalue weighted by Crippen LogP contribution is 2.38. The van der Waals surface area contributed by atoms with Crippen LogP contribution >= 0.6 is 0 Å². The van der Waals surface area contributed by atoms with Crippen LogP contribution in [0.3, 0.4) is 0 Å². The molecule has 0 unspecified atom stereocenters. The van der Waals surface area contributed by atoms with Crippen molar-refractivity contribution in [3.05, 3.63) is 121 Å². The maximum absolute atomic E-state index is 6.77. The highest BCUT2D eigenvalue weighted by Gasteiger charge is 2.24. The smallest absolute Gasteiger partial charge is 0.164 e. The molecule has 0 aliphatic heterocycles. The molecule has 0 aliphatic carbocycles. The molecule has 0 saturated heterocycles. The van der Waals surface area contributed by atoms with Crippen molar-refractivity contribution in [2.24, 2.45) is 0 Å². The summed E-state index contributed by atoms with van der Waals surface area (Å²) in [7, 11) is 18.2. The van der Waals surface area contributed by atoms with E-state index in [1.807, 2.05) is 48.5 Å². The van der Waals surface area contributed by atoms with Crippen LogP contribution in [0, 0.1) is 0 Å². The molecule has 0 fully saturated rings. The Morgan fingerprint density at radius 2 is 0.862 bits per heavy atom. The van der Waals surface area contributed by atoms with Crippen LogP contribution in [0.4, 0.5) is 0 Å². The summed E-state index contributed by atoms with van der Waals surface area (Å²) >= 11 is 0. The number of aromatic nitrogens is 4. The molecule has 0 saturated carbocycles. The normalized spacial score (nSPS) is 11.7. The van der Waals surface area contributed by atoms with Crippen LogP contribution in [0.2, 0.25) is 0 Å². The first-order valence-corrected chi connectivity index (χ1v) is 20.0. The number of fused-ring (bicyclic) bond motifs is 6. The fourth-order valence-electron chi connectivity index (χ4n) is 9.05. The molecule has 0 spiro atoms. The maximum atomic E-state index is 6.77. The lowest BCUT2D eigenvalue weighted by atomic mass is 9.63. The van der Waals surface area contributed by atoms with E-state index < -0.39 is 0 Å². The topological polar surface area (TPSA) is 56.7 Å². The van der Waals surface area contributed by atoms with Crippen molar-refractivity contribution in [1.82, 2.24) is 19.5 Å². The van der Waals surface area contributed by atoms with Crippen LogP contribution in [0.5, 0.6) is 0 Å². The summed E-state index contributed by atoms with van der Waals surface area (Å²) in [4.78, 5) is 15.3. The summed E-state index contributed by atoms with van der Waals surface area (Å²) in [5, 5.41) is 4.70. The monoisotopic (exact) mass is 736 g/mol. The molecule has 0 N–H and O–H groups in total. The number of benzene rings is 7. The van der Waals surface area contributed by atoms with Gasteiger partial charge < -0.3 is 8.98 Å². The van der Waals surface area contributed by atoms with E-state index in [-0.39, 0.29) is 0 Å². The third kappa shape index (κ3) is 5.47. The van der Waals surface area contributed by atoms with Crippen LogP contribution in [0.1, 0.15) is 0 Å². The van der Waals surface area contributed by atoms with Gasteiger partial charge >= 0.3 is 0 Å². The van der Waals surface area contributed by atoms with E-state index in [2.05, 4.69) is 140 Å². The fourth-order valence-corrected chi connectivity index (χ4v) is 9.05. The van der Waals surface area contributed by atoms with Crippen LogP contribution in [0.15, 0.2) is 126 Å². The summed E-state index contributed by atoms with van der Waals surface area (Å²) in [5.74, 6) is 1.84. The lowest BCUT2D eigenvalue weighted by molar-refractivity contribution is 0.668. The number of hydrogen-bond acceptors (Lipinski definition) is 4. The number of nitrogens with zero attached hydrogens (tertiary/aromatic N) is 4. The van der Waals surface area contributed by atoms with E-state index in [0.717, 1.165) is 49.9 Å². The minimum absolute atomic E-state index is 0.602. The number of hydrogen-bond donors (Lipinski definition) is 0. The molecule has 3 heterocycles. The molecule has 0 amide bonds. The molecule has 10 aromatic rings. The Labute approximate surface area is 345 Å². The Morgan fingerprint density at radius 1 is 0.379 bits per heavy atom. The van der Waals surface area contributed by atoms with E-state index in [1.54, 1.807) is 0 Å². The molecule has 0 aliphatic rings. The van der Waals surface area contributed by atoms with Crippen LogP contribution in [-0.2, 0) is 0 Å². The quantitative estimate of drug-likeness (QED) is 0.186.